The van der Waals surface area contributed by atoms with Gasteiger partial charge in [0.05, 0.1) is 11.3 Å². The maximum Gasteiger partial charge on any atom is 0.416 e. The first-order valence-electron chi connectivity index (χ1n) is 7.97. The van der Waals surface area contributed by atoms with Crippen LogP contribution in [0.1, 0.15) is 49.1 Å². The largest absolute Gasteiger partial charge is 0.416 e. The highest BCUT2D eigenvalue weighted by molar-refractivity contribution is 7.86. The molecule has 0 aliphatic heterocycles. The number of pyridine rings is 1. The summed E-state index contributed by atoms with van der Waals surface area (Å²) in [5.74, 6) is -0.00394. The van der Waals surface area contributed by atoms with E-state index in [0.29, 0.717) is 11.3 Å². The molecule has 2 aromatic rings. The second-order valence-electron chi connectivity index (χ2n) is 7.00. The van der Waals surface area contributed by atoms with Gasteiger partial charge in [-0.1, -0.05) is 18.2 Å². The molecule has 0 unspecified atom stereocenters. The molecule has 2 nitrogen and oxygen atoms in total. The van der Waals surface area contributed by atoms with Crippen LogP contribution in [0.25, 0.3) is 0 Å². The van der Waals surface area contributed by atoms with E-state index in [2.05, 4.69) is 4.98 Å². The van der Waals surface area contributed by atoms with Crippen molar-refractivity contribution >= 4 is 10.8 Å². The summed E-state index contributed by atoms with van der Waals surface area (Å²) in [4.78, 5) is 4.40. The van der Waals surface area contributed by atoms with Crippen LogP contribution in [0.5, 0.6) is 0 Å². The molecule has 136 valence electrons. The summed E-state index contributed by atoms with van der Waals surface area (Å²) >= 11 is 0. The van der Waals surface area contributed by atoms with Crippen molar-refractivity contribution in [2.45, 2.75) is 44.5 Å². The molecule has 0 radical (unpaired) electrons. The molecule has 0 aliphatic rings. The number of hydrogen-bond acceptors (Lipinski definition) is 2. The van der Waals surface area contributed by atoms with Gasteiger partial charge in [-0.05, 0) is 57.0 Å². The molecule has 0 bridgehead atoms. The summed E-state index contributed by atoms with van der Waals surface area (Å²) in [5, 5.41) is 0. The molecule has 0 saturated carbocycles. The normalized spacial score (nSPS) is 15.0. The summed E-state index contributed by atoms with van der Waals surface area (Å²) in [5.41, 5.74) is 1.68. The third-order valence-corrected chi connectivity index (χ3v) is 6.02. The van der Waals surface area contributed by atoms with E-state index in [1.807, 2.05) is 39.8 Å². The lowest BCUT2D eigenvalue weighted by Crippen LogP contribution is -2.27. The van der Waals surface area contributed by atoms with Gasteiger partial charge in [0, 0.05) is 33.4 Å². The lowest BCUT2D eigenvalue weighted by atomic mass is 9.93. The van der Waals surface area contributed by atoms with Crippen molar-refractivity contribution in [3.63, 3.8) is 0 Å². The zero-order chi connectivity index (χ0) is 18.8. The minimum absolute atomic E-state index is 0.312. The number of rotatable bonds is 4. The molecule has 0 amide bonds. The van der Waals surface area contributed by atoms with E-state index in [-0.39, 0.29) is 5.92 Å². The lowest BCUT2D eigenvalue weighted by Gasteiger charge is -2.24. The second-order valence-corrected chi connectivity index (χ2v) is 9.25. The van der Waals surface area contributed by atoms with Crippen LogP contribution in [-0.2, 0) is 17.0 Å². The van der Waals surface area contributed by atoms with Gasteiger partial charge in [0.1, 0.15) is 0 Å². The van der Waals surface area contributed by atoms with E-state index in [1.54, 1.807) is 6.20 Å². The van der Waals surface area contributed by atoms with Crippen molar-refractivity contribution in [2.24, 2.45) is 0 Å². The Hall–Kier alpha value is -1.69. The predicted molar refractivity (Wildman–Crippen MR) is 95.0 cm³/mol. The van der Waals surface area contributed by atoms with Crippen molar-refractivity contribution < 1.29 is 17.4 Å². The van der Waals surface area contributed by atoms with Crippen LogP contribution in [0.15, 0.2) is 42.6 Å². The van der Waals surface area contributed by atoms with Gasteiger partial charge in [0.25, 0.3) is 0 Å². The topological polar surface area (TPSA) is 30.0 Å². The molecule has 1 heterocycles. The van der Waals surface area contributed by atoms with Crippen LogP contribution < -0.4 is 0 Å². The van der Waals surface area contributed by atoms with Gasteiger partial charge in [-0.25, -0.2) is 0 Å². The minimum atomic E-state index is -4.37. The molecular formula is C19H22F3NOS. The highest BCUT2D eigenvalue weighted by Crippen LogP contribution is 2.33. The third-order valence-electron chi connectivity index (χ3n) is 4.02. The summed E-state index contributed by atoms with van der Waals surface area (Å²) in [6, 6.07) is 8.77. The summed E-state index contributed by atoms with van der Waals surface area (Å²) in [7, 11) is -1.16. The number of aromatic nitrogens is 1. The Kier molecular flexibility index (Phi) is 5.72. The maximum absolute atomic E-state index is 12.8. The zero-order valence-electron chi connectivity index (χ0n) is 14.7. The van der Waals surface area contributed by atoms with Crippen molar-refractivity contribution in [2.75, 3.05) is 5.75 Å². The summed E-state index contributed by atoms with van der Waals surface area (Å²) in [6.45, 7) is 7.56. The molecule has 1 aromatic carbocycles. The van der Waals surface area contributed by atoms with Gasteiger partial charge >= 0.3 is 6.18 Å². The Bertz CT molecular complexity index is 748. The molecule has 2 rings (SSSR count). The highest BCUT2D eigenvalue weighted by Gasteiger charge is 2.31. The van der Waals surface area contributed by atoms with Crippen LogP contribution in [0.4, 0.5) is 13.2 Å². The van der Waals surface area contributed by atoms with Crippen molar-refractivity contribution in [3.05, 3.63) is 65.0 Å². The Labute approximate surface area is 148 Å². The van der Waals surface area contributed by atoms with E-state index in [4.69, 9.17) is 0 Å². The van der Waals surface area contributed by atoms with Gasteiger partial charge in [-0.2, -0.15) is 13.2 Å². The standard InChI is InChI=1S/C19H22F3NOS/c1-13-6-5-11-23-17(13)16(12-25(24)18(2,3)4)14-7-9-15(10-8-14)19(20,21)22/h5-11,16H,12H2,1-4H3/t16-,25+/m0/s1. The predicted octanol–water partition coefficient (Wildman–Crippen LogP) is 5.09. The van der Waals surface area contributed by atoms with Gasteiger partial charge < -0.3 is 0 Å². The van der Waals surface area contributed by atoms with Gasteiger partial charge in [0.2, 0.25) is 0 Å². The molecule has 0 aliphatic carbocycles. The number of nitrogens with zero attached hydrogens (tertiary/aromatic N) is 1. The van der Waals surface area contributed by atoms with Crippen LogP contribution in [0.2, 0.25) is 0 Å². The molecular weight excluding hydrogens is 347 g/mol. The quantitative estimate of drug-likeness (QED) is 0.751. The van der Waals surface area contributed by atoms with Crippen LogP contribution in [-0.4, -0.2) is 19.7 Å². The maximum atomic E-state index is 12.8. The Morgan fingerprint density at radius 2 is 1.68 bits per heavy atom. The van der Waals surface area contributed by atoms with Gasteiger partial charge in [0.15, 0.2) is 0 Å². The first kappa shape index (κ1) is 19.6. The summed E-state index contributed by atoms with van der Waals surface area (Å²) < 4.78 is 50.7. The van der Waals surface area contributed by atoms with E-state index in [0.717, 1.165) is 23.4 Å². The van der Waals surface area contributed by atoms with E-state index < -0.39 is 27.3 Å². The fourth-order valence-corrected chi connectivity index (χ4v) is 3.65. The second kappa shape index (κ2) is 7.28. The molecule has 2 atom stereocenters. The first-order chi connectivity index (χ1) is 11.5. The van der Waals surface area contributed by atoms with E-state index >= 15 is 0 Å². The highest BCUT2D eigenvalue weighted by atomic mass is 32.2. The number of aryl methyl sites for hydroxylation is 1. The first-order valence-corrected chi connectivity index (χ1v) is 9.29. The molecule has 0 spiro atoms. The van der Waals surface area contributed by atoms with Crippen molar-refractivity contribution in [1.29, 1.82) is 0 Å². The molecule has 25 heavy (non-hydrogen) atoms. The van der Waals surface area contributed by atoms with Crippen molar-refractivity contribution in [1.82, 2.24) is 4.98 Å². The summed E-state index contributed by atoms with van der Waals surface area (Å²) in [6.07, 6.45) is -2.72. The zero-order valence-corrected chi connectivity index (χ0v) is 15.5. The molecule has 0 N–H and O–H groups in total. The van der Waals surface area contributed by atoms with Crippen LogP contribution in [0.3, 0.4) is 0 Å². The Morgan fingerprint density at radius 3 is 2.16 bits per heavy atom. The van der Waals surface area contributed by atoms with Crippen LogP contribution in [0, 0.1) is 6.92 Å². The van der Waals surface area contributed by atoms with Crippen molar-refractivity contribution in [3.8, 4) is 0 Å². The number of halogens is 3. The molecule has 6 heteroatoms. The molecule has 0 saturated heterocycles. The number of benzene rings is 1. The van der Waals surface area contributed by atoms with E-state index in [1.165, 1.54) is 12.1 Å². The molecule has 0 fully saturated rings. The fraction of sp³-hybridized carbons (Fsp3) is 0.421. The Balaban J connectivity index is 2.45. The number of alkyl halides is 3. The lowest BCUT2D eigenvalue weighted by molar-refractivity contribution is -0.137. The van der Waals surface area contributed by atoms with Crippen LogP contribution >= 0.6 is 0 Å². The Morgan fingerprint density at radius 1 is 1.08 bits per heavy atom. The van der Waals surface area contributed by atoms with Gasteiger partial charge in [-0.3, -0.25) is 9.19 Å². The average Bonchev–Trinajstić information content (AvgIpc) is 2.51. The average molecular weight is 369 g/mol. The fourth-order valence-electron chi connectivity index (χ4n) is 2.50. The third kappa shape index (κ3) is 4.91. The monoisotopic (exact) mass is 369 g/mol. The van der Waals surface area contributed by atoms with Gasteiger partial charge in [-0.15, -0.1) is 0 Å². The van der Waals surface area contributed by atoms with E-state index in [9.17, 15) is 17.4 Å². The molecule has 1 aromatic heterocycles. The SMILES string of the molecule is Cc1cccnc1[C@@H](C[S@@](=O)C(C)(C)C)c1ccc(C(F)(F)F)cc1. The smallest absolute Gasteiger partial charge is 0.260 e. The number of hydrogen-bond donors (Lipinski definition) is 0. The minimum Gasteiger partial charge on any atom is -0.260 e.